The van der Waals surface area contributed by atoms with Crippen LogP contribution in [0.4, 0.5) is 0 Å². The van der Waals surface area contributed by atoms with Gasteiger partial charge in [-0.25, -0.2) is 4.79 Å². The molecule has 0 aromatic heterocycles. The van der Waals surface area contributed by atoms with Crippen molar-refractivity contribution in [3.8, 4) is 11.5 Å². The van der Waals surface area contributed by atoms with Crippen LogP contribution in [0.1, 0.15) is 59.9 Å². The summed E-state index contributed by atoms with van der Waals surface area (Å²) in [6.07, 6.45) is 0.715. The third-order valence-electron chi connectivity index (χ3n) is 3.82. The number of methoxy groups -OCH3 is 1. The van der Waals surface area contributed by atoms with Crippen molar-refractivity contribution in [1.29, 1.82) is 0 Å². The Morgan fingerprint density at radius 1 is 0.897 bits per heavy atom. The van der Waals surface area contributed by atoms with Crippen molar-refractivity contribution >= 4 is 17.9 Å². The first-order valence-corrected chi connectivity index (χ1v) is 9.65. The van der Waals surface area contributed by atoms with Crippen LogP contribution in [0.3, 0.4) is 0 Å². The summed E-state index contributed by atoms with van der Waals surface area (Å²) in [6, 6.07) is 4.27. The van der Waals surface area contributed by atoms with Gasteiger partial charge in [-0.15, -0.1) is 0 Å². The minimum absolute atomic E-state index is 0.149. The number of benzene rings is 1. The number of carbonyl (C=O) groups is 3. The van der Waals surface area contributed by atoms with Gasteiger partial charge in [0.05, 0.1) is 20.0 Å². The van der Waals surface area contributed by atoms with E-state index in [1.807, 2.05) is 41.5 Å². The maximum absolute atomic E-state index is 12.3. The Bertz CT molecular complexity index is 743. The van der Waals surface area contributed by atoms with Crippen LogP contribution in [0, 0.1) is 10.8 Å². The molecule has 0 aliphatic heterocycles. The fourth-order valence-electron chi connectivity index (χ4n) is 2.56. The third-order valence-corrected chi connectivity index (χ3v) is 3.82. The molecule has 0 fully saturated rings. The van der Waals surface area contributed by atoms with E-state index < -0.39 is 23.9 Å². The largest absolute Gasteiger partial charge is 0.465 e. The van der Waals surface area contributed by atoms with Crippen LogP contribution < -0.4 is 15.2 Å². The quantitative estimate of drug-likeness (QED) is 0.549. The van der Waals surface area contributed by atoms with E-state index in [4.69, 9.17) is 14.2 Å². The smallest absolute Gasteiger partial charge is 0.364 e. The first-order valence-electron chi connectivity index (χ1n) is 9.65. The van der Waals surface area contributed by atoms with E-state index in [1.54, 1.807) is 18.2 Å². The fourth-order valence-corrected chi connectivity index (χ4v) is 2.56. The highest BCUT2D eigenvalue weighted by Gasteiger charge is 2.24. The second-order valence-corrected chi connectivity index (χ2v) is 9.63. The van der Waals surface area contributed by atoms with E-state index in [2.05, 4.69) is 5.73 Å². The van der Waals surface area contributed by atoms with Gasteiger partial charge in [0, 0.05) is 6.42 Å². The standard InChI is InChI=1S/C22H33NO6/c1-21(2,3)12-18(24)28-16-9-8-14(10-15(23)20(26)27-7)11-17(16)29-19(25)13-22(4,5)6/h8-9,11,15H,10,12-13,23H2,1-7H3/p+1/t15-/m0/s1. The zero-order chi connectivity index (χ0) is 22.4. The molecule has 1 aromatic carbocycles. The monoisotopic (exact) mass is 408 g/mol. The molecule has 0 aliphatic rings. The third kappa shape index (κ3) is 9.56. The Morgan fingerprint density at radius 3 is 1.83 bits per heavy atom. The normalized spacial score (nSPS) is 12.8. The van der Waals surface area contributed by atoms with E-state index in [9.17, 15) is 14.4 Å². The first kappa shape index (κ1) is 24.6. The molecule has 7 nitrogen and oxygen atoms in total. The second-order valence-electron chi connectivity index (χ2n) is 9.63. The van der Waals surface area contributed by atoms with Crippen LogP contribution in [-0.2, 0) is 25.5 Å². The number of rotatable bonds is 7. The van der Waals surface area contributed by atoms with E-state index in [1.165, 1.54) is 7.11 Å². The lowest BCUT2D eigenvalue weighted by Crippen LogP contribution is -2.66. The van der Waals surface area contributed by atoms with Gasteiger partial charge in [-0.05, 0) is 28.5 Å². The Morgan fingerprint density at radius 2 is 1.38 bits per heavy atom. The molecule has 7 heteroatoms. The average Bonchev–Trinajstić information content (AvgIpc) is 2.52. The summed E-state index contributed by atoms with van der Waals surface area (Å²) in [6.45, 7) is 11.6. The van der Waals surface area contributed by atoms with Gasteiger partial charge >= 0.3 is 17.9 Å². The highest BCUT2D eigenvalue weighted by Crippen LogP contribution is 2.32. The number of carbonyl (C=O) groups excluding carboxylic acids is 3. The van der Waals surface area contributed by atoms with Crippen molar-refractivity contribution in [3.05, 3.63) is 23.8 Å². The molecule has 0 saturated carbocycles. The zero-order valence-corrected chi connectivity index (χ0v) is 18.6. The molecule has 0 saturated heterocycles. The minimum atomic E-state index is -0.604. The van der Waals surface area contributed by atoms with Gasteiger partial charge in [0.25, 0.3) is 0 Å². The van der Waals surface area contributed by atoms with Crippen LogP contribution in [-0.4, -0.2) is 31.1 Å². The van der Waals surface area contributed by atoms with Crippen LogP contribution >= 0.6 is 0 Å². The topological polar surface area (TPSA) is 107 Å². The Hall–Kier alpha value is -2.41. The second kappa shape index (κ2) is 9.87. The Balaban J connectivity index is 3.10. The molecule has 29 heavy (non-hydrogen) atoms. The average molecular weight is 409 g/mol. The number of hydrogen-bond acceptors (Lipinski definition) is 6. The Kier molecular flexibility index (Phi) is 8.38. The summed E-state index contributed by atoms with van der Waals surface area (Å²) in [4.78, 5) is 36.2. The molecule has 1 atom stereocenters. The summed E-state index contributed by atoms with van der Waals surface area (Å²) in [5.41, 5.74) is 4.02. The molecular formula is C22H34NO6+. The van der Waals surface area contributed by atoms with Crippen molar-refractivity contribution in [2.75, 3.05) is 7.11 Å². The molecule has 0 amide bonds. The number of hydrogen-bond donors (Lipinski definition) is 1. The molecule has 162 valence electrons. The maximum atomic E-state index is 12.3. The molecule has 0 radical (unpaired) electrons. The van der Waals surface area contributed by atoms with Crippen molar-refractivity contribution in [3.63, 3.8) is 0 Å². The van der Waals surface area contributed by atoms with Crippen molar-refractivity contribution < 1.29 is 34.3 Å². The van der Waals surface area contributed by atoms with Gasteiger partial charge in [-0.1, -0.05) is 47.6 Å². The van der Waals surface area contributed by atoms with E-state index >= 15 is 0 Å². The van der Waals surface area contributed by atoms with E-state index in [0.717, 1.165) is 0 Å². The molecule has 0 spiro atoms. The molecule has 1 rings (SSSR count). The first-order chi connectivity index (χ1) is 13.2. The maximum Gasteiger partial charge on any atom is 0.364 e. The van der Waals surface area contributed by atoms with Crippen LogP contribution in [0.2, 0.25) is 0 Å². The summed E-state index contributed by atoms with van der Waals surface area (Å²) in [5.74, 6) is -0.957. The lowest BCUT2D eigenvalue weighted by molar-refractivity contribution is -0.407. The summed E-state index contributed by atoms with van der Waals surface area (Å²) < 4.78 is 15.7. The highest BCUT2D eigenvalue weighted by atomic mass is 16.6. The van der Waals surface area contributed by atoms with Gasteiger partial charge in [0.2, 0.25) is 0 Å². The van der Waals surface area contributed by atoms with Crippen molar-refractivity contribution in [2.45, 2.75) is 66.8 Å². The lowest BCUT2D eigenvalue weighted by atomic mass is 9.92. The van der Waals surface area contributed by atoms with Crippen LogP contribution in [0.15, 0.2) is 18.2 Å². The molecular weight excluding hydrogens is 374 g/mol. The molecule has 0 unspecified atom stereocenters. The van der Waals surface area contributed by atoms with Crippen LogP contribution in [0.25, 0.3) is 0 Å². The highest BCUT2D eigenvalue weighted by molar-refractivity contribution is 5.77. The lowest BCUT2D eigenvalue weighted by Gasteiger charge is -2.19. The SMILES string of the molecule is COC(=O)[C@@H]([NH3+])Cc1ccc(OC(=O)CC(C)(C)C)c(OC(=O)CC(C)(C)C)c1. The summed E-state index contributed by atoms with van der Waals surface area (Å²) in [7, 11) is 1.30. The number of quaternary nitrogens is 1. The van der Waals surface area contributed by atoms with Gasteiger partial charge in [0.15, 0.2) is 17.5 Å². The van der Waals surface area contributed by atoms with Crippen molar-refractivity contribution in [1.82, 2.24) is 0 Å². The van der Waals surface area contributed by atoms with E-state index in [-0.39, 0.29) is 35.2 Å². The molecule has 1 aromatic rings. The van der Waals surface area contributed by atoms with Gasteiger partial charge in [0.1, 0.15) is 0 Å². The minimum Gasteiger partial charge on any atom is -0.465 e. The number of ether oxygens (including phenoxy) is 3. The zero-order valence-electron chi connectivity index (χ0n) is 18.6. The molecule has 0 heterocycles. The predicted molar refractivity (Wildman–Crippen MR) is 108 cm³/mol. The molecule has 0 aliphatic carbocycles. The molecule has 0 bridgehead atoms. The number of esters is 3. The van der Waals surface area contributed by atoms with Gasteiger partial charge < -0.3 is 19.9 Å². The summed E-state index contributed by atoms with van der Waals surface area (Å²) in [5, 5.41) is 0. The van der Waals surface area contributed by atoms with E-state index in [0.29, 0.717) is 12.0 Å². The Labute approximate surface area is 172 Å². The van der Waals surface area contributed by atoms with Gasteiger partial charge in [-0.2, -0.15) is 0 Å². The van der Waals surface area contributed by atoms with Gasteiger partial charge in [-0.3, -0.25) is 9.59 Å². The van der Waals surface area contributed by atoms with Crippen LogP contribution in [0.5, 0.6) is 11.5 Å². The predicted octanol–water partition coefficient (Wildman–Crippen LogP) is 2.70. The van der Waals surface area contributed by atoms with Crippen molar-refractivity contribution in [2.24, 2.45) is 10.8 Å². The molecule has 3 N–H and O–H groups in total. The summed E-state index contributed by atoms with van der Waals surface area (Å²) >= 11 is 0. The fraction of sp³-hybridized carbons (Fsp3) is 0.591.